The van der Waals surface area contributed by atoms with Crippen molar-refractivity contribution in [2.24, 2.45) is 13.0 Å². The Bertz CT molecular complexity index is 432. The quantitative estimate of drug-likeness (QED) is 0.342. The number of hydrogen-bond donors (Lipinski definition) is 0. The number of carbonyl (C=O) groups excluding carboxylic acids is 1. The Morgan fingerprint density at radius 2 is 2.41 bits per heavy atom. The normalized spacial score (nSPS) is 12.2. The number of carbonyl (C=O) groups is 1. The number of nitro groups is 1. The van der Waals surface area contributed by atoms with Gasteiger partial charge in [0.25, 0.3) is 0 Å². The van der Waals surface area contributed by atoms with E-state index in [1.807, 2.05) is 0 Å². The molecule has 0 N–H and O–H groups in total. The molecule has 1 heterocycles. The number of nitrogens with zero attached hydrogens (tertiary/aromatic N) is 3. The Hall–Kier alpha value is -1.57. The standard InChI is InChI=1S/C9H13N3O4S/c1-6(9(13)16-3)5-17-8-7(12(14)15)4-11(2)10-8/h4,6H,5H2,1-3H3. The molecule has 1 aromatic heterocycles. The van der Waals surface area contributed by atoms with Gasteiger partial charge < -0.3 is 4.74 Å². The van der Waals surface area contributed by atoms with Gasteiger partial charge in [0.1, 0.15) is 6.20 Å². The number of hydrogen-bond acceptors (Lipinski definition) is 6. The maximum atomic E-state index is 11.2. The number of esters is 1. The fourth-order valence-corrected chi connectivity index (χ4v) is 2.16. The lowest BCUT2D eigenvalue weighted by Crippen LogP contribution is -2.14. The molecule has 1 aromatic rings. The highest BCUT2D eigenvalue weighted by Crippen LogP contribution is 2.28. The molecule has 94 valence electrons. The summed E-state index contributed by atoms with van der Waals surface area (Å²) in [4.78, 5) is 21.4. The van der Waals surface area contributed by atoms with Crippen LogP contribution in [-0.2, 0) is 16.6 Å². The number of thioether (sulfide) groups is 1. The first-order valence-corrected chi connectivity index (χ1v) is 5.83. The molecule has 7 nitrogen and oxygen atoms in total. The Labute approximate surface area is 102 Å². The summed E-state index contributed by atoms with van der Waals surface area (Å²) >= 11 is 1.17. The minimum atomic E-state index is -0.488. The molecule has 0 radical (unpaired) electrons. The van der Waals surface area contributed by atoms with Crippen LogP contribution in [0.25, 0.3) is 0 Å². The van der Waals surface area contributed by atoms with E-state index in [0.717, 1.165) is 0 Å². The van der Waals surface area contributed by atoms with Crippen LogP contribution in [0, 0.1) is 16.0 Å². The number of aromatic nitrogens is 2. The number of ether oxygens (including phenoxy) is 1. The molecule has 0 saturated heterocycles. The molecule has 1 unspecified atom stereocenters. The van der Waals surface area contributed by atoms with Crippen molar-refractivity contribution >= 4 is 23.4 Å². The van der Waals surface area contributed by atoms with Crippen molar-refractivity contribution in [2.75, 3.05) is 12.9 Å². The predicted molar refractivity (Wildman–Crippen MR) is 61.8 cm³/mol. The second-order valence-electron chi connectivity index (χ2n) is 3.49. The number of methoxy groups -OCH3 is 1. The SMILES string of the molecule is COC(=O)C(C)CSc1nn(C)cc1[N+](=O)[O-]. The van der Waals surface area contributed by atoms with Gasteiger partial charge in [-0.15, -0.1) is 0 Å². The first-order valence-electron chi connectivity index (χ1n) is 4.84. The number of aryl methyl sites for hydroxylation is 1. The number of rotatable bonds is 5. The van der Waals surface area contributed by atoms with E-state index in [9.17, 15) is 14.9 Å². The summed E-state index contributed by atoms with van der Waals surface area (Å²) in [6.45, 7) is 1.70. The minimum Gasteiger partial charge on any atom is -0.469 e. The Balaban J connectivity index is 2.69. The fraction of sp³-hybridized carbons (Fsp3) is 0.556. The summed E-state index contributed by atoms with van der Waals surface area (Å²) in [5, 5.41) is 15.0. The van der Waals surface area contributed by atoms with Gasteiger partial charge in [-0.05, 0) is 0 Å². The van der Waals surface area contributed by atoms with Crippen molar-refractivity contribution in [3.05, 3.63) is 16.3 Å². The maximum Gasteiger partial charge on any atom is 0.320 e. The average molecular weight is 259 g/mol. The van der Waals surface area contributed by atoms with Crippen molar-refractivity contribution in [1.29, 1.82) is 0 Å². The molecule has 1 rings (SSSR count). The van der Waals surface area contributed by atoms with Crippen LogP contribution in [0.15, 0.2) is 11.2 Å². The molecule has 0 amide bonds. The van der Waals surface area contributed by atoms with Gasteiger partial charge in [-0.1, -0.05) is 18.7 Å². The molecular weight excluding hydrogens is 246 g/mol. The van der Waals surface area contributed by atoms with E-state index in [2.05, 4.69) is 9.84 Å². The molecule has 0 aliphatic heterocycles. The van der Waals surface area contributed by atoms with Gasteiger partial charge in [0.2, 0.25) is 0 Å². The zero-order valence-corrected chi connectivity index (χ0v) is 10.6. The lowest BCUT2D eigenvalue weighted by Gasteiger charge is -2.06. The van der Waals surface area contributed by atoms with Crippen molar-refractivity contribution in [3.63, 3.8) is 0 Å². The highest BCUT2D eigenvalue weighted by Gasteiger charge is 2.21. The zero-order valence-electron chi connectivity index (χ0n) is 9.74. The minimum absolute atomic E-state index is 0.0467. The summed E-state index contributed by atoms with van der Waals surface area (Å²) < 4.78 is 5.95. The van der Waals surface area contributed by atoms with Crippen LogP contribution in [0.1, 0.15) is 6.92 Å². The van der Waals surface area contributed by atoms with Crippen LogP contribution in [-0.4, -0.2) is 33.5 Å². The van der Waals surface area contributed by atoms with Gasteiger partial charge in [0.05, 0.1) is 18.0 Å². The highest BCUT2D eigenvalue weighted by molar-refractivity contribution is 7.99. The van der Waals surface area contributed by atoms with Gasteiger partial charge in [0.15, 0.2) is 5.03 Å². The maximum absolute atomic E-state index is 11.2. The average Bonchev–Trinajstić information content (AvgIpc) is 2.66. The molecule has 0 saturated carbocycles. The van der Waals surface area contributed by atoms with Gasteiger partial charge in [0, 0.05) is 12.8 Å². The van der Waals surface area contributed by atoms with Gasteiger partial charge >= 0.3 is 11.7 Å². The topological polar surface area (TPSA) is 87.3 Å². The molecule has 8 heteroatoms. The van der Waals surface area contributed by atoms with E-state index in [0.29, 0.717) is 10.8 Å². The van der Waals surface area contributed by atoms with Crippen molar-refractivity contribution in [2.45, 2.75) is 11.9 Å². The van der Waals surface area contributed by atoms with E-state index in [4.69, 9.17) is 0 Å². The summed E-state index contributed by atoms with van der Waals surface area (Å²) in [5.41, 5.74) is -0.0467. The largest absolute Gasteiger partial charge is 0.469 e. The third kappa shape index (κ3) is 3.45. The lowest BCUT2D eigenvalue weighted by atomic mass is 10.2. The first-order chi connectivity index (χ1) is 7.95. The molecule has 0 aliphatic rings. The molecule has 0 spiro atoms. The summed E-state index contributed by atoms with van der Waals surface area (Å²) in [5.74, 6) is -0.271. The third-order valence-corrected chi connectivity index (χ3v) is 3.28. The molecule has 0 aliphatic carbocycles. The van der Waals surface area contributed by atoms with Crippen LogP contribution >= 0.6 is 11.8 Å². The van der Waals surface area contributed by atoms with Crippen LogP contribution in [0.4, 0.5) is 5.69 Å². The molecule has 0 bridgehead atoms. The molecular formula is C9H13N3O4S. The molecule has 17 heavy (non-hydrogen) atoms. The van der Waals surface area contributed by atoms with Gasteiger partial charge in [-0.2, -0.15) is 5.10 Å². The third-order valence-electron chi connectivity index (χ3n) is 2.05. The van der Waals surface area contributed by atoms with E-state index in [-0.39, 0.29) is 17.6 Å². The smallest absolute Gasteiger partial charge is 0.320 e. The van der Waals surface area contributed by atoms with Crippen molar-refractivity contribution in [1.82, 2.24) is 9.78 Å². The Kier molecular flexibility index (Phi) is 4.50. The van der Waals surface area contributed by atoms with E-state index >= 15 is 0 Å². The van der Waals surface area contributed by atoms with E-state index < -0.39 is 4.92 Å². The van der Waals surface area contributed by atoms with Crippen molar-refractivity contribution in [3.8, 4) is 0 Å². The second-order valence-corrected chi connectivity index (χ2v) is 4.49. The second kappa shape index (κ2) is 5.67. The molecule has 0 aromatic carbocycles. The summed E-state index contributed by atoms with van der Waals surface area (Å²) in [6, 6.07) is 0. The van der Waals surface area contributed by atoms with Crippen molar-refractivity contribution < 1.29 is 14.5 Å². The van der Waals surface area contributed by atoms with E-state index in [1.54, 1.807) is 14.0 Å². The molecule has 1 atom stereocenters. The molecule has 0 fully saturated rings. The van der Waals surface area contributed by atoms with Crippen LogP contribution in [0.3, 0.4) is 0 Å². The van der Waals surface area contributed by atoms with Crippen LogP contribution in [0.5, 0.6) is 0 Å². The van der Waals surface area contributed by atoms with Gasteiger partial charge in [-0.3, -0.25) is 19.6 Å². The first kappa shape index (κ1) is 13.5. The predicted octanol–water partition coefficient (Wildman–Crippen LogP) is 1.23. The highest BCUT2D eigenvalue weighted by atomic mass is 32.2. The summed E-state index contributed by atoms with van der Waals surface area (Å²) in [6.07, 6.45) is 1.34. The van der Waals surface area contributed by atoms with Gasteiger partial charge in [-0.25, -0.2) is 0 Å². The Morgan fingerprint density at radius 1 is 1.76 bits per heavy atom. The van der Waals surface area contributed by atoms with E-state index in [1.165, 1.54) is 29.8 Å². The zero-order chi connectivity index (χ0) is 13.0. The van der Waals surface area contributed by atoms with Crippen LogP contribution in [0.2, 0.25) is 0 Å². The Morgan fingerprint density at radius 3 is 2.94 bits per heavy atom. The monoisotopic (exact) mass is 259 g/mol. The summed E-state index contributed by atoms with van der Waals surface area (Å²) in [7, 11) is 2.92. The fourth-order valence-electron chi connectivity index (χ4n) is 1.16. The van der Waals surface area contributed by atoms with Crippen LogP contribution < -0.4 is 0 Å². The lowest BCUT2D eigenvalue weighted by molar-refractivity contribution is -0.387.